The first-order valence-electron chi connectivity index (χ1n) is 7.99. The predicted octanol–water partition coefficient (Wildman–Crippen LogP) is 1.92. The summed E-state index contributed by atoms with van der Waals surface area (Å²) in [4.78, 5) is 12.6. The number of rotatable bonds is 4. The molecule has 1 aromatic carbocycles. The molecular weight excluding hydrogens is 326 g/mol. The van der Waals surface area contributed by atoms with Gasteiger partial charge in [-0.25, -0.2) is 8.42 Å². The van der Waals surface area contributed by atoms with Gasteiger partial charge in [0.15, 0.2) is 9.84 Å². The maximum absolute atomic E-state index is 12.3. The van der Waals surface area contributed by atoms with E-state index >= 15 is 0 Å². The van der Waals surface area contributed by atoms with Gasteiger partial charge in [0, 0.05) is 18.7 Å². The number of nitrogens with one attached hydrogen (secondary N) is 1. The Bertz CT molecular complexity index is 871. The Labute approximate surface area is 141 Å². The Kier molecular flexibility index (Phi) is 4.45. The van der Waals surface area contributed by atoms with E-state index in [0.717, 1.165) is 11.4 Å². The van der Waals surface area contributed by atoms with Crippen molar-refractivity contribution < 1.29 is 13.2 Å². The largest absolute Gasteiger partial charge is 0.349 e. The van der Waals surface area contributed by atoms with Gasteiger partial charge < -0.3 is 5.32 Å². The topological polar surface area (TPSA) is 81.1 Å². The lowest BCUT2D eigenvalue weighted by Crippen LogP contribution is -2.34. The highest BCUT2D eigenvalue weighted by molar-refractivity contribution is 7.91. The number of carbonyl (C=O) groups excluding carboxylic acids is 1. The summed E-state index contributed by atoms with van der Waals surface area (Å²) in [5.41, 5.74) is 2.64. The summed E-state index contributed by atoms with van der Waals surface area (Å²) in [6, 6.07) is 8.62. The minimum atomic E-state index is -3.23. The van der Waals surface area contributed by atoms with Crippen LogP contribution in [0.15, 0.2) is 35.2 Å². The summed E-state index contributed by atoms with van der Waals surface area (Å²) in [5, 5.41) is 7.31. The molecule has 1 aliphatic rings. The summed E-state index contributed by atoms with van der Waals surface area (Å²) in [6.07, 6.45) is 0.721. The van der Waals surface area contributed by atoms with Crippen LogP contribution in [-0.2, 0) is 21.2 Å². The van der Waals surface area contributed by atoms with Crippen LogP contribution in [0.1, 0.15) is 35.8 Å². The zero-order valence-electron chi connectivity index (χ0n) is 13.8. The van der Waals surface area contributed by atoms with Crippen LogP contribution in [0.4, 0.5) is 0 Å². The van der Waals surface area contributed by atoms with Gasteiger partial charge >= 0.3 is 0 Å². The molecule has 1 N–H and O–H groups in total. The second-order valence-electron chi connectivity index (χ2n) is 6.17. The van der Waals surface area contributed by atoms with E-state index in [4.69, 9.17) is 0 Å². The average Bonchev–Trinajstić information content (AvgIpc) is 2.86. The van der Waals surface area contributed by atoms with Gasteiger partial charge in [0.1, 0.15) is 0 Å². The van der Waals surface area contributed by atoms with E-state index in [1.165, 1.54) is 0 Å². The van der Waals surface area contributed by atoms with E-state index in [9.17, 15) is 13.2 Å². The van der Waals surface area contributed by atoms with Crippen molar-refractivity contribution in [1.29, 1.82) is 0 Å². The minimum Gasteiger partial charge on any atom is -0.349 e. The number of nitrogens with zero attached hydrogens (tertiary/aromatic N) is 2. The quantitative estimate of drug-likeness (QED) is 0.916. The zero-order chi connectivity index (χ0) is 17.3. The number of hydrogen-bond acceptors (Lipinski definition) is 4. The molecule has 3 rings (SSSR count). The maximum atomic E-state index is 12.3. The number of hydrogen-bond donors (Lipinski definition) is 1. The van der Waals surface area contributed by atoms with Crippen LogP contribution in [0.5, 0.6) is 0 Å². The lowest BCUT2D eigenvalue weighted by Gasteiger charge is -2.26. The third-order valence-electron chi connectivity index (χ3n) is 4.29. The van der Waals surface area contributed by atoms with E-state index in [0.29, 0.717) is 29.8 Å². The number of carbonyl (C=O) groups is 1. The van der Waals surface area contributed by atoms with Crippen LogP contribution in [0.2, 0.25) is 0 Å². The summed E-state index contributed by atoms with van der Waals surface area (Å²) in [6.45, 7) is 4.39. The van der Waals surface area contributed by atoms with Gasteiger partial charge in [-0.1, -0.05) is 18.2 Å². The van der Waals surface area contributed by atoms with Gasteiger partial charge in [0.05, 0.1) is 22.4 Å². The van der Waals surface area contributed by atoms with Gasteiger partial charge in [-0.3, -0.25) is 9.48 Å². The molecule has 0 saturated carbocycles. The van der Waals surface area contributed by atoms with Crippen LogP contribution < -0.4 is 5.32 Å². The number of aromatic nitrogens is 2. The molecule has 24 heavy (non-hydrogen) atoms. The SMILES string of the molecule is Cc1cc(C)n(CCC(=O)NC2CCS(=O)(=O)c3ccccc32)n1. The molecule has 7 heteroatoms. The average molecular weight is 347 g/mol. The van der Waals surface area contributed by atoms with Crippen molar-refractivity contribution in [2.45, 2.75) is 44.2 Å². The molecule has 6 nitrogen and oxygen atoms in total. The van der Waals surface area contributed by atoms with Crippen molar-refractivity contribution in [2.24, 2.45) is 0 Å². The van der Waals surface area contributed by atoms with Crippen LogP contribution >= 0.6 is 0 Å². The first-order chi connectivity index (χ1) is 11.4. The lowest BCUT2D eigenvalue weighted by atomic mass is 10.0. The van der Waals surface area contributed by atoms with Crippen molar-refractivity contribution in [3.05, 3.63) is 47.3 Å². The Morgan fingerprint density at radius 3 is 2.79 bits per heavy atom. The molecule has 1 aliphatic heterocycles. The molecule has 0 fully saturated rings. The third kappa shape index (κ3) is 3.36. The third-order valence-corrected chi connectivity index (χ3v) is 6.11. The van der Waals surface area contributed by atoms with Crippen LogP contribution in [-0.4, -0.2) is 29.9 Å². The molecule has 0 radical (unpaired) electrons. The van der Waals surface area contributed by atoms with Crippen LogP contribution in [0, 0.1) is 13.8 Å². The molecule has 0 bridgehead atoms. The molecule has 1 atom stereocenters. The van der Waals surface area contributed by atoms with Crippen molar-refractivity contribution >= 4 is 15.7 Å². The monoisotopic (exact) mass is 347 g/mol. The number of benzene rings is 1. The summed E-state index contributed by atoms with van der Waals surface area (Å²) in [7, 11) is -3.23. The number of aryl methyl sites for hydroxylation is 3. The molecule has 0 aliphatic carbocycles. The second-order valence-corrected chi connectivity index (χ2v) is 8.24. The van der Waals surface area contributed by atoms with E-state index in [2.05, 4.69) is 10.4 Å². The molecule has 1 unspecified atom stereocenters. The highest BCUT2D eigenvalue weighted by Crippen LogP contribution is 2.31. The van der Waals surface area contributed by atoms with Gasteiger partial charge in [0.25, 0.3) is 0 Å². The second kappa shape index (κ2) is 6.39. The molecule has 1 aromatic heterocycles. The number of amides is 1. The minimum absolute atomic E-state index is 0.0619. The van der Waals surface area contributed by atoms with Gasteiger partial charge in [-0.15, -0.1) is 0 Å². The van der Waals surface area contributed by atoms with E-state index in [1.807, 2.05) is 24.6 Å². The zero-order valence-corrected chi connectivity index (χ0v) is 14.6. The molecule has 1 amide bonds. The standard InChI is InChI=1S/C17H21N3O3S/c1-12-11-13(2)20(19-12)9-7-17(21)18-15-8-10-24(22,23)16-6-4-3-5-14(15)16/h3-6,11,15H,7-10H2,1-2H3,(H,18,21). The highest BCUT2D eigenvalue weighted by Gasteiger charge is 2.30. The molecule has 2 aromatic rings. The lowest BCUT2D eigenvalue weighted by molar-refractivity contribution is -0.122. The molecule has 0 saturated heterocycles. The van der Waals surface area contributed by atoms with Gasteiger partial charge in [-0.2, -0.15) is 5.10 Å². The molecular formula is C17H21N3O3S. The van der Waals surface area contributed by atoms with Crippen molar-refractivity contribution in [1.82, 2.24) is 15.1 Å². The fourth-order valence-electron chi connectivity index (χ4n) is 3.12. The van der Waals surface area contributed by atoms with Crippen molar-refractivity contribution in [2.75, 3.05) is 5.75 Å². The first-order valence-corrected chi connectivity index (χ1v) is 9.64. The number of fused-ring (bicyclic) bond motifs is 1. The van der Waals surface area contributed by atoms with E-state index < -0.39 is 9.84 Å². The first kappa shape index (κ1) is 16.7. The summed E-state index contributed by atoms with van der Waals surface area (Å²) in [5.74, 6) is -0.0338. The smallest absolute Gasteiger partial charge is 0.222 e. The highest BCUT2D eigenvalue weighted by atomic mass is 32.2. The van der Waals surface area contributed by atoms with Crippen molar-refractivity contribution in [3.63, 3.8) is 0 Å². The molecule has 0 spiro atoms. The molecule has 128 valence electrons. The van der Waals surface area contributed by atoms with Gasteiger partial charge in [0.2, 0.25) is 5.91 Å². The van der Waals surface area contributed by atoms with E-state index in [-0.39, 0.29) is 17.7 Å². The van der Waals surface area contributed by atoms with Crippen LogP contribution in [0.3, 0.4) is 0 Å². The van der Waals surface area contributed by atoms with E-state index in [1.54, 1.807) is 24.3 Å². The Morgan fingerprint density at radius 2 is 2.08 bits per heavy atom. The number of sulfone groups is 1. The van der Waals surface area contributed by atoms with Gasteiger partial charge in [-0.05, 0) is 38.0 Å². The Morgan fingerprint density at radius 1 is 1.33 bits per heavy atom. The maximum Gasteiger partial charge on any atom is 0.222 e. The normalized spacial score (nSPS) is 18.8. The van der Waals surface area contributed by atoms with Crippen LogP contribution in [0.25, 0.3) is 0 Å². The summed E-state index contributed by atoms with van der Waals surface area (Å²) < 4.78 is 26.1. The van der Waals surface area contributed by atoms with Crippen molar-refractivity contribution in [3.8, 4) is 0 Å². The Balaban J connectivity index is 1.68. The fraction of sp³-hybridized carbons (Fsp3) is 0.412. The Hall–Kier alpha value is -2.15. The molecule has 2 heterocycles. The fourth-order valence-corrected chi connectivity index (χ4v) is 4.74. The summed E-state index contributed by atoms with van der Waals surface area (Å²) >= 11 is 0. The predicted molar refractivity (Wildman–Crippen MR) is 90.3 cm³/mol.